The Morgan fingerprint density at radius 2 is 1.97 bits per heavy atom. The molecule has 6 nitrogen and oxygen atoms in total. The van der Waals surface area contributed by atoms with E-state index in [1.165, 1.54) is 29.2 Å². The number of aliphatic imine (C=N–C) groups is 1. The third-order valence-electron chi connectivity index (χ3n) is 6.40. The van der Waals surface area contributed by atoms with E-state index in [1.54, 1.807) is 11.3 Å². The van der Waals surface area contributed by atoms with Crippen LogP contribution in [0.15, 0.2) is 40.7 Å². The van der Waals surface area contributed by atoms with Crippen LogP contribution in [0, 0.1) is 0 Å². The zero-order valence-corrected chi connectivity index (χ0v) is 22.4. The Morgan fingerprint density at radius 3 is 2.69 bits per heavy atom. The van der Waals surface area contributed by atoms with Gasteiger partial charge in [0.25, 0.3) is 0 Å². The maximum absolute atomic E-state index is 4.82. The second-order valence-electron chi connectivity index (χ2n) is 8.74. The number of nitrogens with one attached hydrogen (secondary N) is 2. The number of nitrogens with zero attached hydrogens (tertiary/aromatic N) is 4. The third kappa shape index (κ3) is 7.05. The van der Waals surface area contributed by atoms with Gasteiger partial charge in [0, 0.05) is 63.7 Å². The molecule has 0 saturated carbocycles. The molecular formula is C24H37IN6S. The van der Waals surface area contributed by atoms with Crippen molar-refractivity contribution in [3.8, 4) is 0 Å². The molecule has 32 heavy (non-hydrogen) atoms. The van der Waals surface area contributed by atoms with E-state index >= 15 is 0 Å². The van der Waals surface area contributed by atoms with Crippen LogP contribution in [-0.4, -0.2) is 61.2 Å². The van der Waals surface area contributed by atoms with E-state index in [1.807, 2.05) is 7.05 Å². The van der Waals surface area contributed by atoms with Crippen molar-refractivity contribution in [2.24, 2.45) is 4.99 Å². The molecule has 2 saturated heterocycles. The summed E-state index contributed by atoms with van der Waals surface area (Å²) in [6.45, 7) is 7.66. The van der Waals surface area contributed by atoms with Crippen LogP contribution in [0.5, 0.6) is 0 Å². The van der Waals surface area contributed by atoms with Crippen molar-refractivity contribution < 1.29 is 0 Å². The maximum Gasteiger partial charge on any atom is 0.191 e. The fraction of sp³-hybridized carbons (Fsp3) is 0.583. The van der Waals surface area contributed by atoms with Crippen molar-refractivity contribution in [1.82, 2.24) is 20.5 Å². The Bertz CT molecular complexity index is 836. The van der Waals surface area contributed by atoms with Crippen LogP contribution in [-0.2, 0) is 13.0 Å². The van der Waals surface area contributed by atoms with Gasteiger partial charge in [0.05, 0.1) is 5.69 Å². The van der Waals surface area contributed by atoms with Gasteiger partial charge in [-0.2, -0.15) is 0 Å². The van der Waals surface area contributed by atoms with Crippen LogP contribution in [0.25, 0.3) is 0 Å². The lowest BCUT2D eigenvalue weighted by molar-refractivity contribution is 0.134. The van der Waals surface area contributed by atoms with Crippen molar-refractivity contribution >= 4 is 46.4 Å². The molecule has 8 heteroatoms. The van der Waals surface area contributed by atoms with Gasteiger partial charge < -0.3 is 15.5 Å². The molecule has 176 valence electrons. The molecule has 0 bridgehead atoms. The Labute approximate surface area is 213 Å². The minimum atomic E-state index is 0. The summed E-state index contributed by atoms with van der Waals surface area (Å²) >= 11 is 1.78. The lowest BCUT2D eigenvalue weighted by Gasteiger charge is -2.38. The highest BCUT2D eigenvalue weighted by Crippen LogP contribution is 2.24. The highest BCUT2D eigenvalue weighted by Gasteiger charge is 2.26. The SMILES string of the molecule is CN=C(NCCc1csc(N2CCCC2)n1)NC1CCN(Cc2ccccc2)C(C)C1.I. The summed E-state index contributed by atoms with van der Waals surface area (Å²) in [5.41, 5.74) is 2.57. The fourth-order valence-electron chi connectivity index (χ4n) is 4.57. The number of halogens is 1. The normalized spacial score (nSPS) is 21.9. The summed E-state index contributed by atoms with van der Waals surface area (Å²) in [5, 5.41) is 10.5. The molecule has 4 rings (SSSR count). The van der Waals surface area contributed by atoms with Crippen LogP contribution in [0.2, 0.25) is 0 Å². The van der Waals surface area contributed by atoms with Gasteiger partial charge in [-0.05, 0) is 38.2 Å². The van der Waals surface area contributed by atoms with E-state index in [-0.39, 0.29) is 24.0 Å². The quantitative estimate of drug-likeness (QED) is 0.299. The van der Waals surface area contributed by atoms with Gasteiger partial charge in [0.2, 0.25) is 0 Å². The molecule has 1 aromatic heterocycles. The summed E-state index contributed by atoms with van der Waals surface area (Å²) in [4.78, 5) is 14.3. The zero-order chi connectivity index (χ0) is 21.5. The van der Waals surface area contributed by atoms with Crippen LogP contribution < -0.4 is 15.5 Å². The van der Waals surface area contributed by atoms with Gasteiger partial charge in [0.15, 0.2) is 11.1 Å². The highest BCUT2D eigenvalue weighted by atomic mass is 127. The summed E-state index contributed by atoms with van der Waals surface area (Å²) in [6, 6.07) is 11.8. The smallest absolute Gasteiger partial charge is 0.191 e. The lowest BCUT2D eigenvalue weighted by Crippen LogP contribution is -2.51. The van der Waals surface area contributed by atoms with Crippen LogP contribution >= 0.6 is 35.3 Å². The molecule has 2 atom stereocenters. The summed E-state index contributed by atoms with van der Waals surface area (Å²) in [7, 11) is 1.86. The van der Waals surface area contributed by atoms with Crippen LogP contribution in [0.4, 0.5) is 5.13 Å². The molecule has 0 aliphatic carbocycles. The van der Waals surface area contributed by atoms with Gasteiger partial charge in [-0.3, -0.25) is 9.89 Å². The Hall–Kier alpha value is -1.39. The molecular weight excluding hydrogens is 531 g/mol. The topological polar surface area (TPSA) is 55.8 Å². The predicted molar refractivity (Wildman–Crippen MR) is 147 cm³/mol. The molecule has 2 aliphatic heterocycles. The number of aromatic nitrogens is 1. The van der Waals surface area contributed by atoms with Crippen LogP contribution in [0.1, 0.15) is 43.9 Å². The van der Waals surface area contributed by atoms with Gasteiger partial charge in [-0.15, -0.1) is 35.3 Å². The molecule has 3 heterocycles. The largest absolute Gasteiger partial charge is 0.356 e. The van der Waals surface area contributed by atoms with Gasteiger partial charge in [0.1, 0.15) is 0 Å². The molecule has 2 N–H and O–H groups in total. The first-order chi connectivity index (χ1) is 15.2. The van der Waals surface area contributed by atoms with Crippen molar-refractivity contribution in [3.63, 3.8) is 0 Å². The third-order valence-corrected chi connectivity index (χ3v) is 7.35. The van der Waals surface area contributed by atoms with Crippen LogP contribution in [0.3, 0.4) is 0 Å². The average Bonchev–Trinajstić information content (AvgIpc) is 3.48. The monoisotopic (exact) mass is 568 g/mol. The molecule has 2 aliphatic rings. The highest BCUT2D eigenvalue weighted by molar-refractivity contribution is 14.0. The van der Waals surface area contributed by atoms with E-state index in [2.05, 4.69) is 68.1 Å². The number of thiazole rings is 1. The number of guanidine groups is 1. The number of likely N-dealkylation sites (tertiary alicyclic amines) is 1. The number of hydrogen-bond donors (Lipinski definition) is 2. The first-order valence-corrected chi connectivity index (χ1v) is 12.5. The minimum Gasteiger partial charge on any atom is -0.356 e. The number of piperidine rings is 1. The summed E-state index contributed by atoms with van der Waals surface area (Å²) in [5.74, 6) is 0.906. The summed E-state index contributed by atoms with van der Waals surface area (Å²) in [6.07, 6.45) is 5.80. The van der Waals surface area contributed by atoms with Gasteiger partial charge >= 0.3 is 0 Å². The second-order valence-corrected chi connectivity index (χ2v) is 9.57. The Morgan fingerprint density at radius 1 is 1.19 bits per heavy atom. The summed E-state index contributed by atoms with van der Waals surface area (Å²) < 4.78 is 0. The number of hydrogen-bond acceptors (Lipinski definition) is 5. The van der Waals surface area contributed by atoms with E-state index in [9.17, 15) is 0 Å². The van der Waals surface area contributed by atoms with Crippen molar-refractivity contribution in [2.45, 2.75) is 57.7 Å². The Balaban J connectivity index is 0.00000289. The molecule has 0 radical (unpaired) electrons. The molecule has 2 aromatic rings. The average molecular weight is 569 g/mol. The van der Waals surface area contributed by atoms with Crippen molar-refractivity contribution in [1.29, 1.82) is 0 Å². The number of rotatable bonds is 7. The first-order valence-electron chi connectivity index (χ1n) is 11.7. The second kappa shape index (κ2) is 12.7. The molecule has 2 fully saturated rings. The standard InChI is InChI=1S/C24H36N6S.HI/c1-19-16-21(11-15-30(19)17-20-8-4-3-5-9-20)27-23(25-2)26-12-10-22-18-31-24(28-22)29-13-6-7-14-29;/h3-5,8-9,18-19,21H,6-7,10-17H2,1-2H3,(H2,25,26,27);1H. The first kappa shape index (κ1) is 25.2. The molecule has 0 spiro atoms. The maximum atomic E-state index is 4.82. The van der Waals surface area contributed by atoms with E-state index in [0.717, 1.165) is 57.9 Å². The van der Waals surface area contributed by atoms with Gasteiger partial charge in [-0.1, -0.05) is 30.3 Å². The zero-order valence-electron chi connectivity index (χ0n) is 19.3. The van der Waals surface area contributed by atoms with Gasteiger partial charge in [-0.25, -0.2) is 4.98 Å². The van der Waals surface area contributed by atoms with E-state index < -0.39 is 0 Å². The van der Waals surface area contributed by atoms with Crippen molar-refractivity contribution in [2.75, 3.05) is 38.1 Å². The lowest BCUT2D eigenvalue weighted by atomic mass is 9.97. The Kier molecular flexibility index (Phi) is 10.1. The minimum absolute atomic E-state index is 0. The molecule has 2 unspecified atom stereocenters. The van der Waals surface area contributed by atoms with Crippen molar-refractivity contribution in [3.05, 3.63) is 47.0 Å². The fourth-order valence-corrected chi connectivity index (χ4v) is 5.48. The van der Waals surface area contributed by atoms with E-state index in [0.29, 0.717) is 12.1 Å². The molecule has 1 aromatic carbocycles. The predicted octanol–water partition coefficient (Wildman–Crippen LogP) is 4.12. The number of anilines is 1. The van der Waals surface area contributed by atoms with E-state index in [4.69, 9.17) is 4.98 Å². The molecule has 0 amide bonds. The number of benzene rings is 1.